The Morgan fingerprint density at radius 3 is 2.66 bits per heavy atom. The monoisotopic (exact) mass is 430 g/mol. The topological polar surface area (TPSA) is 82.0 Å². The molecule has 6 rings (SSSR count). The van der Waals surface area contributed by atoms with Crippen LogP contribution in [0, 0.1) is 13.8 Å². The number of nitrogens with zero attached hydrogens (tertiary/aromatic N) is 6. The fourth-order valence-electron chi connectivity index (χ4n) is 4.97. The maximum absolute atomic E-state index is 12.1. The Hall–Kier alpha value is -3.42. The molecule has 4 heterocycles. The van der Waals surface area contributed by atoms with Crippen LogP contribution in [0.4, 0.5) is 0 Å². The average molecular weight is 431 g/mol. The summed E-state index contributed by atoms with van der Waals surface area (Å²) in [5.41, 5.74) is 6.87. The molecule has 0 N–H and O–H groups in total. The Balaban J connectivity index is 1.54. The molecule has 0 bridgehead atoms. The molecule has 8 nitrogen and oxygen atoms in total. The van der Waals surface area contributed by atoms with Gasteiger partial charge in [0.25, 0.3) is 0 Å². The molecule has 3 aromatic heterocycles. The minimum atomic E-state index is 0.111. The summed E-state index contributed by atoms with van der Waals surface area (Å²) in [5.74, 6) is 2.60. The lowest BCUT2D eigenvalue weighted by Crippen LogP contribution is -2.37. The number of hydrogen-bond donors (Lipinski definition) is 0. The number of imidazole rings is 1. The van der Waals surface area contributed by atoms with Crippen molar-refractivity contribution in [1.82, 2.24) is 29.4 Å². The summed E-state index contributed by atoms with van der Waals surface area (Å²) in [4.78, 5) is 19.1. The highest BCUT2D eigenvalue weighted by Crippen LogP contribution is 2.43. The van der Waals surface area contributed by atoms with Crippen LogP contribution in [0.5, 0.6) is 0 Å². The van der Waals surface area contributed by atoms with Gasteiger partial charge in [-0.3, -0.25) is 9.48 Å². The van der Waals surface area contributed by atoms with Crippen LogP contribution in [0.3, 0.4) is 0 Å². The molecule has 1 amide bonds. The number of benzene rings is 1. The van der Waals surface area contributed by atoms with Crippen LogP contribution < -0.4 is 0 Å². The Morgan fingerprint density at radius 1 is 1.16 bits per heavy atom. The van der Waals surface area contributed by atoms with E-state index in [1.165, 1.54) is 18.7 Å². The summed E-state index contributed by atoms with van der Waals surface area (Å²) in [6.45, 7) is 7.67. The summed E-state index contributed by atoms with van der Waals surface area (Å²) >= 11 is 0. The van der Waals surface area contributed by atoms with Crippen molar-refractivity contribution in [3.63, 3.8) is 0 Å². The molecule has 0 atom stereocenters. The molecule has 8 heteroatoms. The van der Waals surface area contributed by atoms with Crippen molar-refractivity contribution < 1.29 is 9.32 Å². The van der Waals surface area contributed by atoms with Gasteiger partial charge in [-0.05, 0) is 38.8 Å². The molecule has 2 aliphatic rings. The van der Waals surface area contributed by atoms with E-state index in [4.69, 9.17) is 14.6 Å². The van der Waals surface area contributed by atoms with Crippen molar-refractivity contribution in [3.05, 3.63) is 41.2 Å². The predicted molar refractivity (Wildman–Crippen MR) is 120 cm³/mol. The Bertz CT molecular complexity index is 1370. The molecule has 1 aliphatic heterocycles. The van der Waals surface area contributed by atoms with Crippen LogP contribution >= 0.6 is 0 Å². The summed E-state index contributed by atoms with van der Waals surface area (Å²) in [7, 11) is 1.96. The fraction of sp³-hybridized carbons (Fsp3) is 0.417. The van der Waals surface area contributed by atoms with Crippen molar-refractivity contribution in [2.75, 3.05) is 6.54 Å². The number of rotatable bonds is 3. The Morgan fingerprint density at radius 2 is 1.97 bits per heavy atom. The molecule has 1 aliphatic carbocycles. The first-order chi connectivity index (χ1) is 15.4. The van der Waals surface area contributed by atoms with Gasteiger partial charge in [0.05, 0.1) is 34.7 Å². The third-order valence-electron chi connectivity index (χ3n) is 6.82. The molecule has 32 heavy (non-hydrogen) atoms. The van der Waals surface area contributed by atoms with Gasteiger partial charge in [0, 0.05) is 43.9 Å². The molecule has 164 valence electrons. The number of aryl methyl sites for hydroxylation is 3. The summed E-state index contributed by atoms with van der Waals surface area (Å²) in [6.07, 6.45) is 2.40. The minimum Gasteiger partial charge on any atom is -0.361 e. The first-order valence-corrected chi connectivity index (χ1v) is 11.2. The van der Waals surface area contributed by atoms with E-state index in [9.17, 15) is 4.79 Å². The highest BCUT2D eigenvalue weighted by atomic mass is 16.5. The van der Waals surface area contributed by atoms with E-state index in [0.717, 1.165) is 63.7 Å². The van der Waals surface area contributed by atoms with Crippen LogP contribution in [0.1, 0.15) is 48.7 Å². The number of fused-ring (bicyclic) bond motifs is 2. The van der Waals surface area contributed by atoms with Crippen molar-refractivity contribution in [2.45, 2.75) is 52.6 Å². The molecule has 1 fully saturated rings. The van der Waals surface area contributed by atoms with Crippen molar-refractivity contribution in [3.8, 4) is 22.5 Å². The SMILES string of the molecule is CC(=O)N1CCn2c(C3CC3)nc(-c3ccc4c(c3)c(-c3c(C)noc3C)nn4C)c2C1. The van der Waals surface area contributed by atoms with E-state index in [-0.39, 0.29) is 5.91 Å². The smallest absolute Gasteiger partial charge is 0.219 e. The highest BCUT2D eigenvalue weighted by molar-refractivity contribution is 5.96. The van der Waals surface area contributed by atoms with Gasteiger partial charge < -0.3 is 14.0 Å². The van der Waals surface area contributed by atoms with Gasteiger partial charge in [-0.15, -0.1) is 0 Å². The van der Waals surface area contributed by atoms with Crippen molar-refractivity contribution in [1.29, 1.82) is 0 Å². The van der Waals surface area contributed by atoms with Crippen LogP contribution in [-0.4, -0.2) is 41.8 Å². The van der Waals surface area contributed by atoms with E-state index in [0.29, 0.717) is 12.5 Å². The maximum atomic E-state index is 12.1. The van der Waals surface area contributed by atoms with Gasteiger partial charge in [-0.2, -0.15) is 5.10 Å². The lowest BCUT2D eigenvalue weighted by Gasteiger charge is -2.28. The number of hydrogen-bond acceptors (Lipinski definition) is 5. The van der Waals surface area contributed by atoms with E-state index >= 15 is 0 Å². The molecule has 0 spiro atoms. The highest BCUT2D eigenvalue weighted by Gasteiger charge is 2.34. The zero-order chi connectivity index (χ0) is 22.1. The zero-order valence-corrected chi connectivity index (χ0v) is 18.8. The standard InChI is InChI=1S/C24H26N6O2/c1-13-21(14(2)32-27-13)23-18-11-17(7-8-19(18)28(4)26-23)22-20-12-29(15(3)31)9-10-30(20)24(25-22)16-5-6-16/h7-8,11,16H,5-6,9-10,12H2,1-4H3. The van der Waals surface area contributed by atoms with Crippen molar-refractivity contribution >= 4 is 16.8 Å². The zero-order valence-electron chi connectivity index (χ0n) is 18.8. The second-order valence-electron chi connectivity index (χ2n) is 9.04. The third kappa shape index (κ3) is 2.82. The quantitative estimate of drug-likeness (QED) is 0.492. The number of carbonyl (C=O) groups excluding carboxylic acids is 1. The minimum absolute atomic E-state index is 0.111. The van der Waals surface area contributed by atoms with Crippen LogP contribution in [0.2, 0.25) is 0 Å². The summed E-state index contributed by atoms with van der Waals surface area (Å²) in [5, 5.41) is 9.97. The Labute approximate surface area is 185 Å². The number of amides is 1. The van der Waals surface area contributed by atoms with Crippen molar-refractivity contribution in [2.24, 2.45) is 7.05 Å². The molecule has 1 saturated carbocycles. The molecular weight excluding hydrogens is 404 g/mol. The van der Waals surface area contributed by atoms with Crippen LogP contribution in [0.15, 0.2) is 22.7 Å². The van der Waals surface area contributed by atoms with Crippen LogP contribution in [-0.2, 0) is 24.9 Å². The normalized spacial score (nSPS) is 16.1. The Kier molecular flexibility index (Phi) is 4.09. The van der Waals surface area contributed by atoms with Crippen LogP contribution in [0.25, 0.3) is 33.4 Å². The largest absolute Gasteiger partial charge is 0.361 e. The maximum Gasteiger partial charge on any atom is 0.219 e. The van der Waals surface area contributed by atoms with Gasteiger partial charge in [0.15, 0.2) is 0 Å². The lowest BCUT2D eigenvalue weighted by molar-refractivity contribution is -0.130. The molecular formula is C24H26N6O2. The molecule has 1 aromatic carbocycles. The number of aromatic nitrogens is 5. The van der Waals surface area contributed by atoms with E-state index in [2.05, 4.69) is 27.9 Å². The van der Waals surface area contributed by atoms with E-state index < -0.39 is 0 Å². The summed E-state index contributed by atoms with van der Waals surface area (Å²) in [6, 6.07) is 6.40. The number of carbonyl (C=O) groups is 1. The van der Waals surface area contributed by atoms with E-state index in [1.807, 2.05) is 30.5 Å². The lowest BCUT2D eigenvalue weighted by atomic mass is 10.0. The summed E-state index contributed by atoms with van der Waals surface area (Å²) < 4.78 is 9.67. The van der Waals surface area contributed by atoms with Gasteiger partial charge in [-0.1, -0.05) is 11.2 Å². The first kappa shape index (κ1) is 19.3. The van der Waals surface area contributed by atoms with Gasteiger partial charge in [0.1, 0.15) is 17.3 Å². The fourth-order valence-corrected chi connectivity index (χ4v) is 4.97. The molecule has 0 radical (unpaired) electrons. The molecule has 4 aromatic rings. The predicted octanol–water partition coefficient (Wildman–Crippen LogP) is 3.95. The average Bonchev–Trinajstić information content (AvgIpc) is 3.38. The third-order valence-corrected chi connectivity index (χ3v) is 6.82. The molecule has 0 unspecified atom stereocenters. The van der Waals surface area contributed by atoms with Gasteiger partial charge in [0.2, 0.25) is 5.91 Å². The van der Waals surface area contributed by atoms with Gasteiger partial charge in [-0.25, -0.2) is 4.98 Å². The van der Waals surface area contributed by atoms with Gasteiger partial charge >= 0.3 is 0 Å². The second kappa shape index (κ2) is 6.79. The second-order valence-corrected chi connectivity index (χ2v) is 9.04. The molecule has 0 saturated heterocycles. The van der Waals surface area contributed by atoms with E-state index in [1.54, 1.807) is 6.92 Å². The first-order valence-electron chi connectivity index (χ1n) is 11.2.